The van der Waals surface area contributed by atoms with Crippen molar-refractivity contribution >= 4 is 15.9 Å². The van der Waals surface area contributed by atoms with Gasteiger partial charge in [0.15, 0.2) is 17.7 Å². The van der Waals surface area contributed by atoms with E-state index >= 15 is 0 Å². The quantitative estimate of drug-likeness (QED) is 0.850. The second kappa shape index (κ2) is 7.71. The van der Waals surface area contributed by atoms with E-state index in [2.05, 4.69) is 0 Å². The SMILES string of the molecule is O=C(C(O)c1ccccc1)N1CCN(S(=O)(=O)c2ccc(F)c(F)c2)CC1. The van der Waals surface area contributed by atoms with Gasteiger partial charge in [-0.25, -0.2) is 17.2 Å². The van der Waals surface area contributed by atoms with Crippen molar-refractivity contribution in [3.8, 4) is 0 Å². The Balaban J connectivity index is 1.67. The molecule has 27 heavy (non-hydrogen) atoms. The summed E-state index contributed by atoms with van der Waals surface area (Å²) in [6.45, 7) is 0.167. The van der Waals surface area contributed by atoms with Gasteiger partial charge in [-0.05, 0) is 23.8 Å². The molecule has 6 nitrogen and oxygen atoms in total. The summed E-state index contributed by atoms with van der Waals surface area (Å²) >= 11 is 0. The van der Waals surface area contributed by atoms with Gasteiger partial charge in [0.05, 0.1) is 4.90 Å². The first-order chi connectivity index (χ1) is 12.8. The number of amides is 1. The highest BCUT2D eigenvalue weighted by Gasteiger charge is 2.32. The van der Waals surface area contributed by atoms with Crippen LogP contribution in [-0.2, 0) is 14.8 Å². The molecule has 0 bridgehead atoms. The minimum absolute atomic E-state index is 0.00538. The van der Waals surface area contributed by atoms with Gasteiger partial charge in [0.2, 0.25) is 10.0 Å². The van der Waals surface area contributed by atoms with Crippen LogP contribution in [0.3, 0.4) is 0 Å². The zero-order valence-electron chi connectivity index (χ0n) is 14.3. The van der Waals surface area contributed by atoms with Crippen molar-refractivity contribution in [3.05, 3.63) is 65.7 Å². The Hall–Kier alpha value is -2.36. The first-order valence-electron chi connectivity index (χ1n) is 8.27. The van der Waals surface area contributed by atoms with Gasteiger partial charge >= 0.3 is 0 Å². The molecule has 144 valence electrons. The van der Waals surface area contributed by atoms with Gasteiger partial charge in [-0.3, -0.25) is 4.79 Å². The van der Waals surface area contributed by atoms with Gasteiger partial charge < -0.3 is 10.0 Å². The van der Waals surface area contributed by atoms with Crippen LogP contribution >= 0.6 is 0 Å². The zero-order valence-corrected chi connectivity index (χ0v) is 15.1. The Kier molecular flexibility index (Phi) is 5.54. The van der Waals surface area contributed by atoms with E-state index < -0.39 is 33.7 Å². The molecule has 1 unspecified atom stereocenters. The molecule has 1 aliphatic rings. The summed E-state index contributed by atoms with van der Waals surface area (Å²) in [4.78, 5) is 13.5. The highest BCUT2D eigenvalue weighted by atomic mass is 32.2. The van der Waals surface area contributed by atoms with Gasteiger partial charge in [0, 0.05) is 26.2 Å². The van der Waals surface area contributed by atoms with Crippen LogP contribution < -0.4 is 0 Å². The standard InChI is InChI=1S/C18H18F2N2O4S/c19-15-7-6-14(12-16(15)20)27(25,26)22-10-8-21(9-11-22)18(24)17(23)13-4-2-1-3-5-13/h1-7,12,17,23H,8-11H2. The van der Waals surface area contributed by atoms with Gasteiger partial charge in [-0.2, -0.15) is 4.31 Å². The number of piperazine rings is 1. The molecule has 0 spiro atoms. The summed E-state index contributed by atoms with van der Waals surface area (Å²) in [6.07, 6.45) is -1.32. The fourth-order valence-electron chi connectivity index (χ4n) is 2.89. The number of hydrogen-bond acceptors (Lipinski definition) is 4. The third-order valence-corrected chi connectivity index (χ3v) is 6.32. The van der Waals surface area contributed by atoms with Crippen LogP contribution in [-0.4, -0.2) is 54.8 Å². The van der Waals surface area contributed by atoms with E-state index in [1.54, 1.807) is 30.3 Å². The smallest absolute Gasteiger partial charge is 0.256 e. The molecule has 2 aromatic carbocycles. The van der Waals surface area contributed by atoms with E-state index in [1.165, 1.54) is 4.90 Å². The van der Waals surface area contributed by atoms with E-state index in [0.717, 1.165) is 16.4 Å². The molecule has 0 aliphatic carbocycles. The van der Waals surface area contributed by atoms with Crippen LogP contribution in [0.4, 0.5) is 8.78 Å². The lowest BCUT2D eigenvalue weighted by Crippen LogP contribution is -2.51. The van der Waals surface area contributed by atoms with Crippen molar-refractivity contribution in [2.24, 2.45) is 0 Å². The lowest BCUT2D eigenvalue weighted by molar-refractivity contribution is -0.141. The summed E-state index contributed by atoms with van der Waals surface area (Å²) < 4.78 is 52.6. The highest BCUT2D eigenvalue weighted by molar-refractivity contribution is 7.89. The number of aliphatic hydroxyl groups excluding tert-OH is 1. The number of carbonyl (C=O) groups is 1. The van der Waals surface area contributed by atoms with Crippen LogP contribution in [0.25, 0.3) is 0 Å². The zero-order chi connectivity index (χ0) is 19.6. The van der Waals surface area contributed by atoms with Crippen molar-refractivity contribution in [2.75, 3.05) is 26.2 Å². The average Bonchev–Trinajstić information content (AvgIpc) is 2.69. The van der Waals surface area contributed by atoms with E-state index in [1.807, 2.05) is 0 Å². The topological polar surface area (TPSA) is 77.9 Å². The molecule has 1 N–H and O–H groups in total. The number of halogens is 2. The normalized spacial score (nSPS) is 16.9. The molecular weight excluding hydrogens is 378 g/mol. The molecule has 9 heteroatoms. The van der Waals surface area contributed by atoms with Crippen molar-refractivity contribution in [1.29, 1.82) is 0 Å². The molecule has 3 rings (SSSR count). The molecule has 0 radical (unpaired) electrons. The first kappa shape index (κ1) is 19.4. The van der Waals surface area contributed by atoms with E-state index in [0.29, 0.717) is 11.6 Å². The van der Waals surface area contributed by atoms with Crippen molar-refractivity contribution in [3.63, 3.8) is 0 Å². The molecule has 2 aromatic rings. The number of hydrogen-bond donors (Lipinski definition) is 1. The Morgan fingerprint density at radius 1 is 0.963 bits per heavy atom. The predicted octanol–water partition coefficient (Wildman–Crippen LogP) is 1.53. The molecule has 1 aliphatic heterocycles. The minimum Gasteiger partial charge on any atom is -0.378 e. The second-order valence-corrected chi connectivity index (χ2v) is 8.06. The maximum atomic E-state index is 13.4. The molecule has 0 saturated carbocycles. The minimum atomic E-state index is -4.00. The highest BCUT2D eigenvalue weighted by Crippen LogP contribution is 2.21. The first-order valence-corrected chi connectivity index (χ1v) is 9.71. The monoisotopic (exact) mass is 396 g/mol. The molecule has 1 amide bonds. The summed E-state index contributed by atoms with van der Waals surface area (Å²) in [5.41, 5.74) is 0.458. The van der Waals surface area contributed by atoms with Crippen LogP contribution in [0.2, 0.25) is 0 Å². The van der Waals surface area contributed by atoms with Crippen LogP contribution in [0.5, 0.6) is 0 Å². The number of aliphatic hydroxyl groups is 1. The van der Waals surface area contributed by atoms with Gasteiger partial charge in [-0.15, -0.1) is 0 Å². The summed E-state index contributed by atoms with van der Waals surface area (Å²) in [6, 6.07) is 10.8. The van der Waals surface area contributed by atoms with E-state index in [4.69, 9.17) is 0 Å². The molecular formula is C18H18F2N2O4S. The number of nitrogens with zero attached hydrogens (tertiary/aromatic N) is 2. The molecule has 0 aromatic heterocycles. The largest absolute Gasteiger partial charge is 0.378 e. The van der Waals surface area contributed by atoms with Crippen LogP contribution in [0, 0.1) is 11.6 Å². The summed E-state index contributed by atoms with van der Waals surface area (Å²) in [5.74, 6) is -2.87. The fraction of sp³-hybridized carbons (Fsp3) is 0.278. The average molecular weight is 396 g/mol. The third-order valence-electron chi connectivity index (χ3n) is 4.43. The van der Waals surface area contributed by atoms with Crippen molar-refractivity contribution < 1.29 is 27.1 Å². The maximum Gasteiger partial charge on any atom is 0.256 e. The predicted molar refractivity (Wildman–Crippen MR) is 93.1 cm³/mol. The van der Waals surface area contributed by atoms with Crippen molar-refractivity contribution in [2.45, 2.75) is 11.0 Å². The van der Waals surface area contributed by atoms with Crippen LogP contribution in [0.15, 0.2) is 53.4 Å². The fourth-order valence-corrected chi connectivity index (χ4v) is 4.32. The second-order valence-electron chi connectivity index (χ2n) is 6.12. The lowest BCUT2D eigenvalue weighted by atomic mass is 10.1. The van der Waals surface area contributed by atoms with Crippen LogP contribution in [0.1, 0.15) is 11.7 Å². The Bertz CT molecular complexity index is 930. The third kappa shape index (κ3) is 4.00. The van der Waals surface area contributed by atoms with Crippen molar-refractivity contribution in [1.82, 2.24) is 9.21 Å². The molecule has 1 saturated heterocycles. The van der Waals surface area contributed by atoms with Gasteiger partial charge in [-0.1, -0.05) is 30.3 Å². The van der Waals surface area contributed by atoms with E-state index in [-0.39, 0.29) is 31.1 Å². The molecule has 1 heterocycles. The number of rotatable bonds is 4. The van der Waals surface area contributed by atoms with Gasteiger partial charge in [0.25, 0.3) is 5.91 Å². The number of benzene rings is 2. The number of sulfonamides is 1. The number of carbonyl (C=O) groups excluding carboxylic acids is 1. The Morgan fingerprint density at radius 3 is 2.19 bits per heavy atom. The van der Waals surface area contributed by atoms with E-state index in [9.17, 15) is 27.1 Å². The molecule has 1 atom stereocenters. The molecule has 1 fully saturated rings. The van der Waals surface area contributed by atoms with Gasteiger partial charge in [0.1, 0.15) is 0 Å². The Labute approximate surface area is 155 Å². The maximum absolute atomic E-state index is 13.4. The Morgan fingerprint density at radius 2 is 1.59 bits per heavy atom. The lowest BCUT2D eigenvalue weighted by Gasteiger charge is -2.35. The summed E-state index contributed by atoms with van der Waals surface area (Å²) in [5, 5.41) is 10.2. The summed E-state index contributed by atoms with van der Waals surface area (Å²) in [7, 11) is -4.00.